The van der Waals surface area contributed by atoms with Gasteiger partial charge in [0.25, 0.3) is 5.91 Å². The molecule has 0 saturated heterocycles. The molecule has 1 aromatic heterocycles. The minimum Gasteiger partial charge on any atom is -0.378 e. The zero-order chi connectivity index (χ0) is 20.3. The summed E-state index contributed by atoms with van der Waals surface area (Å²) in [7, 11) is 4.00. The fraction of sp³-hybridized carbons (Fsp3) is 0.286. The molecular formula is C21H24ClN5O. The van der Waals surface area contributed by atoms with E-state index in [1.807, 2.05) is 69.2 Å². The normalized spacial score (nSPS) is 10.8. The molecular weight excluding hydrogens is 374 g/mol. The van der Waals surface area contributed by atoms with E-state index in [9.17, 15) is 4.79 Å². The molecule has 0 atom stereocenters. The summed E-state index contributed by atoms with van der Waals surface area (Å²) < 4.78 is 1.66. The monoisotopic (exact) mass is 397 g/mol. The predicted octanol–water partition coefficient (Wildman–Crippen LogP) is 3.96. The van der Waals surface area contributed by atoms with Crippen LogP contribution in [-0.4, -0.2) is 46.2 Å². The summed E-state index contributed by atoms with van der Waals surface area (Å²) in [6.07, 6.45) is 0. The van der Waals surface area contributed by atoms with Crippen LogP contribution in [0.5, 0.6) is 0 Å². The Bertz CT molecular complexity index is 948. The fourth-order valence-electron chi connectivity index (χ4n) is 2.90. The van der Waals surface area contributed by atoms with Gasteiger partial charge in [-0.3, -0.25) is 4.79 Å². The largest absolute Gasteiger partial charge is 0.378 e. The van der Waals surface area contributed by atoms with Crippen molar-refractivity contribution in [3.8, 4) is 5.69 Å². The third kappa shape index (κ3) is 4.34. The van der Waals surface area contributed by atoms with Crippen LogP contribution < -0.4 is 4.90 Å². The maximum absolute atomic E-state index is 13.0. The van der Waals surface area contributed by atoms with Crippen LogP contribution in [0.3, 0.4) is 0 Å². The number of hydrogen-bond donors (Lipinski definition) is 0. The van der Waals surface area contributed by atoms with Crippen molar-refractivity contribution in [2.75, 3.05) is 25.5 Å². The number of amides is 1. The summed E-state index contributed by atoms with van der Waals surface area (Å²) in [5.74, 6) is 0.659. The summed E-state index contributed by atoms with van der Waals surface area (Å²) in [5.41, 5.74) is 3.00. The first kappa shape index (κ1) is 19.9. The average Bonchev–Trinajstić information content (AvgIpc) is 3.08. The van der Waals surface area contributed by atoms with Gasteiger partial charge in [0.15, 0.2) is 0 Å². The van der Waals surface area contributed by atoms with Crippen molar-refractivity contribution in [2.24, 2.45) is 0 Å². The molecule has 2 aromatic carbocycles. The molecule has 6 nitrogen and oxygen atoms in total. The summed E-state index contributed by atoms with van der Waals surface area (Å²) >= 11 is 5.95. The van der Waals surface area contributed by atoms with Gasteiger partial charge >= 0.3 is 0 Å². The van der Waals surface area contributed by atoms with Gasteiger partial charge in [-0.2, -0.15) is 0 Å². The highest BCUT2D eigenvalue weighted by Crippen LogP contribution is 2.17. The molecule has 0 fully saturated rings. The molecule has 0 bridgehead atoms. The van der Waals surface area contributed by atoms with Crippen LogP contribution >= 0.6 is 11.6 Å². The number of benzene rings is 2. The van der Waals surface area contributed by atoms with E-state index in [0.717, 1.165) is 16.9 Å². The smallest absolute Gasteiger partial charge is 0.293 e. The lowest BCUT2D eigenvalue weighted by atomic mass is 10.2. The highest BCUT2D eigenvalue weighted by Gasteiger charge is 2.21. The van der Waals surface area contributed by atoms with Gasteiger partial charge in [0.2, 0.25) is 5.82 Å². The third-order valence-electron chi connectivity index (χ3n) is 4.53. The first-order valence-corrected chi connectivity index (χ1v) is 9.52. The maximum atomic E-state index is 13.0. The topological polar surface area (TPSA) is 54.3 Å². The second kappa shape index (κ2) is 8.44. The Morgan fingerprint density at radius 2 is 1.71 bits per heavy atom. The molecule has 0 aliphatic heterocycles. The van der Waals surface area contributed by atoms with E-state index >= 15 is 0 Å². The molecule has 0 radical (unpaired) electrons. The Hall–Kier alpha value is -2.86. The molecule has 1 amide bonds. The summed E-state index contributed by atoms with van der Waals surface area (Å²) in [5, 5.41) is 5.07. The number of rotatable bonds is 6. The number of aromatic nitrogens is 3. The first-order valence-electron chi connectivity index (χ1n) is 9.14. The molecule has 7 heteroatoms. The molecule has 0 aliphatic carbocycles. The Morgan fingerprint density at radius 1 is 1.07 bits per heavy atom. The molecule has 0 N–H and O–H groups in total. The average molecular weight is 398 g/mol. The van der Waals surface area contributed by atoms with Gasteiger partial charge in [0.1, 0.15) is 5.82 Å². The molecule has 0 spiro atoms. The van der Waals surface area contributed by atoms with E-state index in [1.54, 1.807) is 21.7 Å². The van der Waals surface area contributed by atoms with E-state index in [4.69, 9.17) is 11.6 Å². The van der Waals surface area contributed by atoms with Gasteiger partial charge in [-0.15, -0.1) is 5.10 Å². The van der Waals surface area contributed by atoms with E-state index in [-0.39, 0.29) is 11.7 Å². The van der Waals surface area contributed by atoms with Crippen LogP contribution in [0.4, 0.5) is 5.69 Å². The zero-order valence-electron chi connectivity index (χ0n) is 16.6. The number of halogens is 1. The van der Waals surface area contributed by atoms with E-state index in [0.29, 0.717) is 23.9 Å². The molecule has 0 unspecified atom stereocenters. The highest BCUT2D eigenvalue weighted by molar-refractivity contribution is 6.30. The number of carbonyl (C=O) groups excluding carboxylic acids is 1. The van der Waals surface area contributed by atoms with Gasteiger partial charge in [-0.25, -0.2) is 9.67 Å². The van der Waals surface area contributed by atoms with Crippen LogP contribution in [0.15, 0.2) is 48.5 Å². The minimum absolute atomic E-state index is 0.185. The molecule has 28 heavy (non-hydrogen) atoms. The quantitative estimate of drug-likeness (QED) is 0.631. The molecule has 0 aliphatic rings. The molecule has 3 aromatic rings. The number of carbonyl (C=O) groups is 1. The van der Waals surface area contributed by atoms with Crippen LogP contribution in [0.25, 0.3) is 5.69 Å². The number of anilines is 1. The van der Waals surface area contributed by atoms with Crippen LogP contribution in [0.1, 0.15) is 28.9 Å². The lowest BCUT2D eigenvalue weighted by Crippen LogP contribution is -2.31. The molecule has 1 heterocycles. The second-order valence-electron chi connectivity index (χ2n) is 6.75. The highest BCUT2D eigenvalue weighted by atomic mass is 35.5. The molecule has 0 saturated carbocycles. The maximum Gasteiger partial charge on any atom is 0.293 e. The standard InChI is InChI=1S/C21H24ClN5O/c1-5-26(14-16-6-10-18(11-7-16)25(3)4)21(28)20-23-15(2)27(24-20)19-12-8-17(22)9-13-19/h6-13H,5,14H2,1-4H3. The van der Waals surface area contributed by atoms with Crippen LogP contribution in [-0.2, 0) is 6.54 Å². The Kier molecular flexibility index (Phi) is 5.99. The predicted molar refractivity (Wildman–Crippen MR) is 112 cm³/mol. The van der Waals surface area contributed by atoms with Crippen LogP contribution in [0, 0.1) is 6.92 Å². The Morgan fingerprint density at radius 3 is 2.29 bits per heavy atom. The van der Waals surface area contributed by atoms with Crippen molar-refractivity contribution < 1.29 is 4.79 Å². The third-order valence-corrected chi connectivity index (χ3v) is 4.78. The zero-order valence-corrected chi connectivity index (χ0v) is 17.3. The van der Waals surface area contributed by atoms with Crippen molar-refractivity contribution in [1.82, 2.24) is 19.7 Å². The lowest BCUT2D eigenvalue weighted by Gasteiger charge is -2.20. The van der Waals surface area contributed by atoms with Crippen molar-refractivity contribution in [3.05, 3.63) is 70.8 Å². The number of nitrogens with zero attached hydrogens (tertiary/aromatic N) is 5. The second-order valence-corrected chi connectivity index (χ2v) is 7.19. The summed E-state index contributed by atoms with van der Waals surface area (Å²) in [4.78, 5) is 21.1. The van der Waals surface area contributed by atoms with Crippen molar-refractivity contribution in [3.63, 3.8) is 0 Å². The molecule has 146 valence electrons. The van der Waals surface area contributed by atoms with E-state index < -0.39 is 0 Å². The number of aryl methyl sites for hydroxylation is 1. The van der Waals surface area contributed by atoms with E-state index in [2.05, 4.69) is 10.1 Å². The minimum atomic E-state index is -0.185. The van der Waals surface area contributed by atoms with Gasteiger partial charge in [0.05, 0.1) is 5.69 Å². The first-order chi connectivity index (χ1) is 13.4. The summed E-state index contributed by atoms with van der Waals surface area (Å²) in [6.45, 7) is 4.87. The number of hydrogen-bond acceptors (Lipinski definition) is 4. The van der Waals surface area contributed by atoms with Crippen LogP contribution in [0.2, 0.25) is 5.02 Å². The van der Waals surface area contributed by atoms with Gasteiger partial charge < -0.3 is 9.80 Å². The van der Waals surface area contributed by atoms with E-state index in [1.165, 1.54) is 0 Å². The lowest BCUT2D eigenvalue weighted by molar-refractivity contribution is 0.0740. The SMILES string of the molecule is CCN(Cc1ccc(N(C)C)cc1)C(=O)c1nc(C)n(-c2ccc(Cl)cc2)n1. The van der Waals surface area contributed by atoms with Gasteiger partial charge in [0, 0.05) is 37.9 Å². The fourth-order valence-corrected chi connectivity index (χ4v) is 3.02. The van der Waals surface area contributed by atoms with Crippen molar-refractivity contribution >= 4 is 23.2 Å². The Labute approximate surface area is 170 Å². The van der Waals surface area contributed by atoms with Gasteiger partial charge in [-0.1, -0.05) is 23.7 Å². The molecule has 3 rings (SSSR count). The van der Waals surface area contributed by atoms with Crippen molar-refractivity contribution in [1.29, 1.82) is 0 Å². The summed E-state index contributed by atoms with van der Waals surface area (Å²) in [6, 6.07) is 15.4. The Balaban J connectivity index is 1.79. The van der Waals surface area contributed by atoms with Gasteiger partial charge in [-0.05, 0) is 55.8 Å². The van der Waals surface area contributed by atoms with Crippen molar-refractivity contribution in [2.45, 2.75) is 20.4 Å².